The van der Waals surface area contributed by atoms with Crippen molar-refractivity contribution < 1.29 is 9.26 Å². The van der Waals surface area contributed by atoms with Crippen molar-refractivity contribution >= 4 is 28.7 Å². The average molecular weight is 562 g/mol. The van der Waals surface area contributed by atoms with Crippen molar-refractivity contribution in [3.8, 4) is 22.9 Å². The minimum absolute atomic E-state index is 0.0400. The molecule has 10 nitrogen and oxygen atoms in total. The van der Waals surface area contributed by atoms with E-state index in [9.17, 15) is 4.79 Å². The number of anilines is 1. The Labute approximate surface area is 236 Å². The van der Waals surface area contributed by atoms with Crippen molar-refractivity contribution in [3.05, 3.63) is 52.5 Å². The molecule has 3 aliphatic rings. The minimum atomic E-state index is -0.662. The quantitative estimate of drug-likeness (QED) is 0.318. The molecule has 2 aliphatic carbocycles. The van der Waals surface area contributed by atoms with Crippen LogP contribution in [0.25, 0.3) is 34.1 Å². The van der Waals surface area contributed by atoms with Gasteiger partial charge < -0.3 is 14.2 Å². The maximum atomic E-state index is 11.8. The zero-order chi connectivity index (χ0) is 27.3. The van der Waals surface area contributed by atoms with Crippen molar-refractivity contribution in [2.45, 2.75) is 57.0 Å². The van der Waals surface area contributed by atoms with Gasteiger partial charge in [-0.1, -0.05) is 35.0 Å². The molecule has 11 heteroatoms. The first-order valence-corrected chi connectivity index (χ1v) is 14.5. The van der Waals surface area contributed by atoms with Crippen LogP contribution in [0.4, 0.5) is 5.95 Å². The fourth-order valence-corrected chi connectivity index (χ4v) is 6.77. The molecule has 4 heterocycles. The predicted octanol–water partition coefficient (Wildman–Crippen LogP) is 5.24. The van der Waals surface area contributed by atoms with Crippen molar-refractivity contribution in [1.82, 2.24) is 29.7 Å². The van der Waals surface area contributed by atoms with Crippen LogP contribution in [-0.4, -0.2) is 55.0 Å². The molecule has 40 heavy (non-hydrogen) atoms. The van der Waals surface area contributed by atoms with Gasteiger partial charge in [0.05, 0.1) is 18.8 Å². The molecule has 208 valence electrons. The number of halogens is 1. The van der Waals surface area contributed by atoms with Gasteiger partial charge in [-0.25, -0.2) is 14.8 Å². The first-order chi connectivity index (χ1) is 19.5. The van der Waals surface area contributed by atoms with Gasteiger partial charge in [0.25, 0.3) is 0 Å². The van der Waals surface area contributed by atoms with Crippen molar-refractivity contribution in [1.29, 1.82) is 0 Å². The number of morpholine rings is 1. The van der Waals surface area contributed by atoms with Crippen molar-refractivity contribution in [2.24, 2.45) is 11.8 Å². The van der Waals surface area contributed by atoms with Gasteiger partial charge in [0.1, 0.15) is 11.2 Å². The van der Waals surface area contributed by atoms with E-state index in [0.29, 0.717) is 41.4 Å². The number of imidazole rings is 1. The zero-order valence-corrected chi connectivity index (χ0v) is 23.1. The van der Waals surface area contributed by atoms with Gasteiger partial charge in [0.15, 0.2) is 5.65 Å². The maximum absolute atomic E-state index is 11.8. The Bertz CT molecular complexity index is 1610. The third-order valence-electron chi connectivity index (χ3n) is 8.93. The molecule has 3 fully saturated rings. The molecule has 1 aliphatic heterocycles. The molecular weight excluding hydrogens is 530 g/mol. The molecule has 2 saturated carbocycles. The smallest absolute Gasteiger partial charge is 0.377 e. The second kappa shape index (κ2) is 10.2. The summed E-state index contributed by atoms with van der Waals surface area (Å²) in [5, 5.41) is 4.46. The van der Waals surface area contributed by atoms with Gasteiger partial charge >= 0.3 is 5.76 Å². The number of benzene rings is 1. The number of fused-ring (bicyclic) bond motifs is 1. The number of H-pyrrole nitrogens is 1. The summed E-state index contributed by atoms with van der Waals surface area (Å²) in [4.78, 5) is 31.7. The monoisotopic (exact) mass is 561 g/mol. The van der Waals surface area contributed by atoms with E-state index >= 15 is 0 Å². The lowest BCUT2D eigenvalue weighted by molar-refractivity contribution is 0.0118. The summed E-state index contributed by atoms with van der Waals surface area (Å²) >= 11 is 6.45. The predicted molar refractivity (Wildman–Crippen MR) is 152 cm³/mol. The topological polar surface area (TPSA) is 115 Å². The highest BCUT2D eigenvalue weighted by atomic mass is 35.5. The Kier molecular flexibility index (Phi) is 6.47. The molecule has 0 unspecified atom stereocenters. The number of aromatic amines is 1. The molecule has 7 rings (SSSR count). The SMILES string of the molecule is C=C[C@H]1CC[C@H](Cn2c(N3CCOCC34CCC4)nc3nc(-c4noc(=O)[nH]4)nc(-c4cccc(Cl)c4)c32)CC1. The molecule has 1 saturated heterocycles. The first-order valence-electron chi connectivity index (χ1n) is 14.1. The summed E-state index contributed by atoms with van der Waals surface area (Å²) in [6.07, 6.45) is 10.0. The molecule has 4 aromatic rings. The summed E-state index contributed by atoms with van der Waals surface area (Å²) < 4.78 is 13.1. The van der Waals surface area contributed by atoms with E-state index in [1.807, 2.05) is 24.3 Å². The third kappa shape index (κ3) is 4.43. The minimum Gasteiger partial charge on any atom is -0.377 e. The van der Waals surface area contributed by atoms with Crippen LogP contribution >= 0.6 is 11.6 Å². The van der Waals surface area contributed by atoms with Gasteiger partial charge in [-0.15, -0.1) is 6.58 Å². The number of hydrogen-bond donors (Lipinski definition) is 1. The van der Waals surface area contributed by atoms with E-state index in [2.05, 4.69) is 32.3 Å². The molecule has 0 bridgehead atoms. The molecule has 0 atom stereocenters. The van der Waals surface area contributed by atoms with Crippen LogP contribution in [0.1, 0.15) is 44.9 Å². The summed E-state index contributed by atoms with van der Waals surface area (Å²) in [5.74, 6) is 1.75. The Hall–Kier alpha value is -3.50. The Balaban J connectivity index is 1.44. The maximum Gasteiger partial charge on any atom is 0.439 e. The van der Waals surface area contributed by atoms with Crippen molar-refractivity contribution in [3.63, 3.8) is 0 Å². The normalized spacial score (nSPS) is 22.5. The summed E-state index contributed by atoms with van der Waals surface area (Å²) in [7, 11) is 0. The fraction of sp³-hybridized carbons (Fsp3) is 0.483. The van der Waals surface area contributed by atoms with E-state index < -0.39 is 5.76 Å². The average Bonchev–Trinajstić information content (AvgIpc) is 3.55. The van der Waals surface area contributed by atoms with E-state index in [1.165, 1.54) is 6.42 Å². The Morgan fingerprint density at radius 1 is 1.18 bits per heavy atom. The molecule has 1 spiro atoms. The van der Waals surface area contributed by atoms with Crippen LogP contribution in [0, 0.1) is 11.8 Å². The number of nitrogens with one attached hydrogen (secondary N) is 1. The van der Waals surface area contributed by atoms with Gasteiger partial charge in [0.2, 0.25) is 17.6 Å². The fourth-order valence-electron chi connectivity index (χ4n) is 6.58. The number of hydrogen-bond acceptors (Lipinski definition) is 8. The largest absolute Gasteiger partial charge is 0.439 e. The van der Waals surface area contributed by atoms with Crippen LogP contribution in [0.5, 0.6) is 0 Å². The van der Waals surface area contributed by atoms with E-state index in [0.717, 1.165) is 68.6 Å². The van der Waals surface area contributed by atoms with Crippen LogP contribution < -0.4 is 10.7 Å². The van der Waals surface area contributed by atoms with Gasteiger partial charge in [0, 0.05) is 23.7 Å². The highest BCUT2D eigenvalue weighted by Gasteiger charge is 2.47. The highest BCUT2D eigenvalue weighted by molar-refractivity contribution is 6.30. The number of ether oxygens (including phenoxy) is 1. The van der Waals surface area contributed by atoms with Gasteiger partial charge in [-0.05, 0) is 68.9 Å². The van der Waals surface area contributed by atoms with Gasteiger partial charge in [-0.3, -0.25) is 9.51 Å². The van der Waals surface area contributed by atoms with Crippen LogP contribution in [0.3, 0.4) is 0 Å². The summed E-state index contributed by atoms with van der Waals surface area (Å²) in [6, 6.07) is 7.63. The third-order valence-corrected chi connectivity index (χ3v) is 9.16. The molecule has 0 radical (unpaired) electrons. The number of nitrogens with zero attached hydrogens (tertiary/aromatic N) is 6. The van der Waals surface area contributed by atoms with Crippen LogP contribution in [0.2, 0.25) is 5.02 Å². The Morgan fingerprint density at radius 3 is 2.73 bits per heavy atom. The highest BCUT2D eigenvalue weighted by Crippen LogP contribution is 2.44. The van der Waals surface area contributed by atoms with Crippen molar-refractivity contribution in [2.75, 3.05) is 24.7 Å². The number of allylic oxidation sites excluding steroid dienone is 1. The standard InChI is InChI=1S/C29H32ClN7O3/c1-2-18-7-9-19(10-8-18)16-36-23-22(20-5-3-6-21(30)15-20)31-25(26-34-28(38)40-35-26)32-24(23)33-27(36)37-13-14-39-17-29(37)11-4-12-29/h2-3,5-6,15,18-19H,1,4,7-14,16-17H2,(H,34,35,38)/t18-,19-. The lowest BCUT2D eigenvalue weighted by atomic mass is 9.75. The lowest BCUT2D eigenvalue weighted by Crippen LogP contribution is -2.62. The van der Waals surface area contributed by atoms with E-state index in [1.54, 1.807) is 0 Å². The molecule has 1 N–H and O–H groups in total. The lowest BCUT2D eigenvalue weighted by Gasteiger charge is -2.53. The molecule has 1 aromatic carbocycles. The zero-order valence-electron chi connectivity index (χ0n) is 22.3. The van der Waals surface area contributed by atoms with Crippen LogP contribution in [0.15, 0.2) is 46.2 Å². The molecule has 0 amide bonds. The number of aromatic nitrogens is 6. The number of rotatable bonds is 6. The van der Waals surface area contributed by atoms with Crippen LogP contribution in [-0.2, 0) is 11.3 Å². The second-order valence-electron chi connectivity index (χ2n) is 11.3. The Morgan fingerprint density at radius 2 is 2.02 bits per heavy atom. The summed E-state index contributed by atoms with van der Waals surface area (Å²) in [6.45, 7) is 6.99. The summed E-state index contributed by atoms with van der Waals surface area (Å²) in [5.41, 5.74) is 2.91. The van der Waals surface area contributed by atoms with E-state index in [4.69, 9.17) is 35.8 Å². The molecular formula is C29H32ClN7O3. The van der Waals surface area contributed by atoms with E-state index in [-0.39, 0.29) is 17.2 Å². The second-order valence-corrected chi connectivity index (χ2v) is 11.8. The molecule has 3 aromatic heterocycles. The first kappa shape index (κ1) is 25.5. The van der Waals surface area contributed by atoms with Gasteiger partial charge in [-0.2, -0.15) is 4.98 Å².